The van der Waals surface area contributed by atoms with Crippen molar-refractivity contribution in [3.05, 3.63) is 98.1 Å². The number of aryl methyl sites for hydroxylation is 1. The molecule has 0 radical (unpaired) electrons. The minimum atomic E-state index is -5.05. The monoisotopic (exact) mass is 492 g/mol. The second-order valence-electron chi connectivity index (χ2n) is 7.73. The first-order chi connectivity index (χ1) is 16.5. The Bertz CT molecular complexity index is 1500. The highest BCUT2D eigenvalue weighted by Crippen LogP contribution is 2.38. The van der Waals surface area contributed by atoms with E-state index in [9.17, 15) is 31.5 Å². The fourth-order valence-electron chi connectivity index (χ4n) is 3.35. The minimum Gasteiger partial charge on any atom is -0.445 e. The molecule has 0 aliphatic carbocycles. The first kappa shape index (κ1) is 23.9. The van der Waals surface area contributed by atoms with Gasteiger partial charge in [-0.1, -0.05) is 29.8 Å². The summed E-state index contributed by atoms with van der Waals surface area (Å²) < 4.78 is 77.2. The summed E-state index contributed by atoms with van der Waals surface area (Å²) >= 11 is 0. The molecule has 0 saturated heterocycles. The summed E-state index contributed by atoms with van der Waals surface area (Å²) in [5, 5.41) is 5.83. The van der Waals surface area contributed by atoms with Crippen molar-refractivity contribution >= 4 is 0 Å². The summed E-state index contributed by atoms with van der Waals surface area (Å²) in [6.45, 7) is 1.43. The molecule has 1 N–H and O–H groups in total. The third-order valence-electron chi connectivity index (χ3n) is 5.30. The topological polar surface area (TPSA) is 81.9 Å². The Hall–Kier alpha value is -4.22. The normalized spacial score (nSPS) is 11.6. The summed E-state index contributed by atoms with van der Waals surface area (Å²) in [4.78, 5) is 24.4. The number of benzene rings is 2. The molecule has 0 saturated carbocycles. The summed E-state index contributed by atoms with van der Waals surface area (Å²) in [6, 6.07) is 9.06. The number of halogens is 5. The van der Waals surface area contributed by atoms with Crippen LogP contribution in [0, 0.1) is 18.6 Å². The summed E-state index contributed by atoms with van der Waals surface area (Å²) in [7, 11) is 1.34. The molecule has 0 aliphatic rings. The molecular weight excluding hydrogens is 475 g/mol. The van der Waals surface area contributed by atoms with Gasteiger partial charge < -0.3 is 9.30 Å². The number of pyridine rings is 1. The molecule has 182 valence electrons. The average Bonchev–Trinajstić information content (AvgIpc) is 3.10. The smallest absolute Gasteiger partial charge is 0.420 e. The van der Waals surface area contributed by atoms with Crippen LogP contribution in [0.1, 0.15) is 17.0 Å². The van der Waals surface area contributed by atoms with E-state index >= 15 is 0 Å². The van der Waals surface area contributed by atoms with Crippen LogP contribution in [0.4, 0.5) is 22.0 Å². The lowest BCUT2D eigenvalue weighted by molar-refractivity contribution is -0.138. The fraction of sp³-hybridized carbons (Fsp3) is 0.174. The zero-order valence-electron chi connectivity index (χ0n) is 18.3. The van der Waals surface area contributed by atoms with Crippen molar-refractivity contribution in [3.63, 3.8) is 0 Å². The van der Waals surface area contributed by atoms with Gasteiger partial charge in [-0.25, -0.2) is 18.7 Å². The van der Waals surface area contributed by atoms with Crippen molar-refractivity contribution in [1.29, 1.82) is 0 Å². The van der Waals surface area contributed by atoms with Crippen molar-refractivity contribution in [1.82, 2.24) is 19.3 Å². The molecule has 4 rings (SSSR count). The van der Waals surface area contributed by atoms with Crippen LogP contribution in [0.2, 0.25) is 0 Å². The second kappa shape index (κ2) is 8.85. The Morgan fingerprint density at radius 1 is 0.971 bits per heavy atom. The van der Waals surface area contributed by atoms with E-state index in [4.69, 9.17) is 4.74 Å². The fourth-order valence-corrected chi connectivity index (χ4v) is 3.35. The first-order valence-electron chi connectivity index (χ1n) is 10.1. The quantitative estimate of drug-likeness (QED) is 0.419. The Kier molecular flexibility index (Phi) is 6.05. The van der Waals surface area contributed by atoms with Crippen LogP contribution < -0.4 is 16.0 Å². The van der Waals surface area contributed by atoms with E-state index in [1.807, 2.05) is 6.92 Å². The summed E-state index contributed by atoms with van der Waals surface area (Å²) in [6.07, 6.45) is -4.23. The largest absolute Gasteiger partial charge is 0.445 e. The Balaban J connectivity index is 1.78. The molecule has 0 bridgehead atoms. The van der Waals surface area contributed by atoms with Gasteiger partial charge in [-0.2, -0.15) is 18.3 Å². The number of aromatic amines is 1. The van der Waals surface area contributed by atoms with E-state index in [0.29, 0.717) is 11.6 Å². The Morgan fingerprint density at radius 3 is 2.14 bits per heavy atom. The van der Waals surface area contributed by atoms with Crippen molar-refractivity contribution in [2.75, 3.05) is 0 Å². The zero-order chi connectivity index (χ0) is 25.5. The third kappa shape index (κ3) is 4.72. The standard InChI is InChI=1S/C23H17F5N4O3/c1-12-3-5-13(6-4-12)14-9-16(24)20(17(25)10-14)35-19-15(23(26,27)28)7-8-32(21(19)33)11-18-29-30-22(34)31(18)2/h3-10H,11H2,1-2H3,(H,30,34). The van der Waals surface area contributed by atoms with Crippen molar-refractivity contribution in [2.45, 2.75) is 19.6 Å². The SMILES string of the molecule is Cc1ccc(-c2cc(F)c(Oc3c(C(F)(F)F)ccn(Cc4n[nH]c(=O)n4C)c3=O)c(F)c2)cc1. The van der Waals surface area contributed by atoms with Gasteiger partial charge in [0.1, 0.15) is 5.56 Å². The van der Waals surface area contributed by atoms with Crippen molar-refractivity contribution < 1.29 is 26.7 Å². The van der Waals surface area contributed by atoms with Crippen LogP contribution in [0.25, 0.3) is 11.1 Å². The minimum absolute atomic E-state index is 0.0302. The van der Waals surface area contributed by atoms with E-state index in [1.165, 1.54) is 7.05 Å². The lowest BCUT2D eigenvalue weighted by atomic mass is 10.0. The molecule has 2 aromatic heterocycles. The number of hydrogen-bond donors (Lipinski definition) is 1. The number of ether oxygens (including phenoxy) is 1. The molecule has 2 heterocycles. The van der Waals surface area contributed by atoms with Crippen LogP contribution in [0.15, 0.2) is 58.3 Å². The molecule has 2 aromatic carbocycles. The average molecular weight is 492 g/mol. The third-order valence-corrected chi connectivity index (χ3v) is 5.30. The van der Waals surface area contributed by atoms with Crippen LogP contribution in [0.3, 0.4) is 0 Å². The predicted molar refractivity (Wildman–Crippen MR) is 115 cm³/mol. The highest BCUT2D eigenvalue weighted by Gasteiger charge is 2.37. The van der Waals surface area contributed by atoms with Crippen molar-refractivity contribution in [2.24, 2.45) is 7.05 Å². The van der Waals surface area contributed by atoms with Gasteiger partial charge in [0, 0.05) is 13.2 Å². The number of hydrogen-bond acceptors (Lipinski definition) is 4. The molecule has 0 unspecified atom stereocenters. The van der Waals surface area contributed by atoms with E-state index in [-0.39, 0.29) is 11.4 Å². The maximum absolute atomic E-state index is 14.8. The van der Waals surface area contributed by atoms with E-state index < -0.39 is 52.7 Å². The molecule has 0 atom stereocenters. The summed E-state index contributed by atoms with van der Waals surface area (Å²) in [5.74, 6) is -5.03. The number of nitrogens with zero attached hydrogens (tertiary/aromatic N) is 3. The molecular formula is C23H17F5N4O3. The highest BCUT2D eigenvalue weighted by molar-refractivity contribution is 5.65. The summed E-state index contributed by atoms with van der Waals surface area (Å²) in [5.41, 5.74) is -1.91. The van der Waals surface area contributed by atoms with Gasteiger partial charge in [0.05, 0.1) is 6.54 Å². The van der Waals surface area contributed by atoms with Crippen LogP contribution >= 0.6 is 0 Å². The predicted octanol–water partition coefficient (Wildman–Crippen LogP) is 4.38. The number of nitrogens with one attached hydrogen (secondary N) is 1. The lowest BCUT2D eigenvalue weighted by Crippen LogP contribution is -2.26. The molecule has 12 heteroatoms. The number of rotatable bonds is 5. The van der Waals surface area contributed by atoms with E-state index in [0.717, 1.165) is 33.0 Å². The number of aromatic nitrogens is 4. The van der Waals surface area contributed by atoms with Gasteiger partial charge in [-0.3, -0.25) is 9.36 Å². The Morgan fingerprint density at radius 2 is 1.60 bits per heavy atom. The molecule has 0 spiro atoms. The molecule has 4 aromatic rings. The van der Waals surface area contributed by atoms with E-state index in [2.05, 4.69) is 10.2 Å². The van der Waals surface area contributed by atoms with Gasteiger partial charge in [-0.15, -0.1) is 0 Å². The van der Waals surface area contributed by atoms with Crippen LogP contribution in [-0.2, 0) is 19.8 Å². The van der Waals surface area contributed by atoms with Gasteiger partial charge >= 0.3 is 11.9 Å². The highest BCUT2D eigenvalue weighted by atomic mass is 19.4. The Labute approximate surface area is 194 Å². The maximum atomic E-state index is 14.8. The molecule has 0 aliphatic heterocycles. The number of H-pyrrole nitrogens is 1. The number of alkyl halides is 3. The van der Waals surface area contributed by atoms with E-state index in [1.54, 1.807) is 24.3 Å². The molecule has 0 amide bonds. The second-order valence-corrected chi connectivity index (χ2v) is 7.73. The maximum Gasteiger partial charge on any atom is 0.420 e. The van der Waals surface area contributed by atoms with Gasteiger partial charge in [0.15, 0.2) is 23.2 Å². The first-order valence-corrected chi connectivity index (χ1v) is 10.1. The zero-order valence-corrected chi connectivity index (χ0v) is 18.3. The van der Waals surface area contributed by atoms with Gasteiger partial charge in [0.25, 0.3) is 5.56 Å². The van der Waals surface area contributed by atoms with Crippen LogP contribution in [-0.4, -0.2) is 19.3 Å². The van der Waals surface area contributed by atoms with Crippen molar-refractivity contribution in [3.8, 4) is 22.6 Å². The van der Waals surface area contributed by atoms with Crippen LogP contribution in [0.5, 0.6) is 11.5 Å². The molecule has 35 heavy (non-hydrogen) atoms. The van der Waals surface area contributed by atoms with Gasteiger partial charge in [0.2, 0.25) is 5.75 Å². The lowest BCUT2D eigenvalue weighted by Gasteiger charge is -2.16. The molecule has 7 nitrogen and oxygen atoms in total. The molecule has 0 fully saturated rings. The van der Waals surface area contributed by atoms with Gasteiger partial charge in [-0.05, 0) is 36.2 Å².